The van der Waals surface area contributed by atoms with E-state index < -0.39 is 0 Å². The fraction of sp³-hybridized carbons (Fsp3) is 0.308. The van der Waals surface area contributed by atoms with Crippen LogP contribution in [0.5, 0.6) is 5.75 Å². The summed E-state index contributed by atoms with van der Waals surface area (Å²) in [6, 6.07) is 21.1. The van der Waals surface area contributed by atoms with Gasteiger partial charge in [0.15, 0.2) is 0 Å². The van der Waals surface area contributed by atoms with Gasteiger partial charge in [0.05, 0.1) is 30.6 Å². The van der Waals surface area contributed by atoms with Gasteiger partial charge in [-0.1, -0.05) is 24.3 Å². The highest BCUT2D eigenvalue weighted by molar-refractivity contribution is 6.12. The van der Waals surface area contributed by atoms with Crippen molar-refractivity contribution in [3.05, 3.63) is 118 Å². The summed E-state index contributed by atoms with van der Waals surface area (Å²) in [5.74, 6) is -0.143. The van der Waals surface area contributed by atoms with Gasteiger partial charge < -0.3 is 24.6 Å². The SMILES string of the molecule is COCCn1cc(N(C(=O)c2cc(-c3cc4c(cc3C(=O)N3Cc5ccccc5C[C@H]3C)CNCC4)n(C)c2C)c2ccc(O)cc2)cn1. The molecule has 2 amide bonds. The number of anilines is 2. The fourth-order valence-corrected chi connectivity index (χ4v) is 7.08. The number of aromatic nitrogens is 3. The van der Waals surface area contributed by atoms with Crippen LogP contribution in [0.15, 0.2) is 79.1 Å². The van der Waals surface area contributed by atoms with Crippen molar-refractivity contribution >= 4 is 23.2 Å². The smallest absolute Gasteiger partial charge is 0.264 e. The van der Waals surface area contributed by atoms with Gasteiger partial charge in [0.25, 0.3) is 11.8 Å². The number of nitrogens with one attached hydrogen (secondary N) is 1. The zero-order valence-electron chi connectivity index (χ0n) is 28.4. The third-order valence-corrected chi connectivity index (χ3v) is 9.98. The number of rotatable bonds is 8. The molecule has 0 unspecified atom stereocenters. The van der Waals surface area contributed by atoms with Crippen LogP contribution in [0.2, 0.25) is 0 Å². The van der Waals surface area contributed by atoms with E-state index in [1.165, 1.54) is 16.7 Å². The van der Waals surface area contributed by atoms with Crippen LogP contribution in [0.4, 0.5) is 11.4 Å². The predicted molar refractivity (Wildman–Crippen MR) is 189 cm³/mol. The molecule has 0 saturated heterocycles. The van der Waals surface area contributed by atoms with Gasteiger partial charge in [-0.05, 0) is 98.0 Å². The number of carbonyl (C=O) groups is 2. The average molecular weight is 659 g/mol. The summed E-state index contributed by atoms with van der Waals surface area (Å²) in [5, 5.41) is 17.9. The Balaban J connectivity index is 1.31. The van der Waals surface area contributed by atoms with Gasteiger partial charge in [0.1, 0.15) is 5.75 Å². The Bertz CT molecular complexity index is 2030. The molecular weight excluding hydrogens is 616 g/mol. The number of benzene rings is 3. The fourth-order valence-electron chi connectivity index (χ4n) is 7.08. The van der Waals surface area contributed by atoms with Crippen molar-refractivity contribution < 1.29 is 19.4 Å². The van der Waals surface area contributed by atoms with Crippen LogP contribution < -0.4 is 10.2 Å². The number of hydrogen-bond acceptors (Lipinski definition) is 6. The number of fused-ring (bicyclic) bond motifs is 2. The van der Waals surface area contributed by atoms with E-state index in [2.05, 4.69) is 47.7 Å². The summed E-state index contributed by atoms with van der Waals surface area (Å²) >= 11 is 0. The van der Waals surface area contributed by atoms with Gasteiger partial charge in [-0.3, -0.25) is 19.2 Å². The molecule has 0 bridgehead atoms. The van der Waals surface area contributed by atoms with Crippen LogP contribution in [0.25, 0.3) is 11.3 Å². The Kier molecular flexibility index (Phi) is 8.83. The van der Waals surface area contributed by atoms with Crippen molar-refractivity contribution in [2.24, 2.45) is 7.05 Å². The third kappa shape index (κ3) is 6.13. The monoisotopic (exact) mass is 658 g/mol. The van der Waals surface area contributed by atoms with Gasteiger partial charge in [0, 0.05) is 67.7 Å². The first-order valence-corrected chi connectivity index (χ1v) is 16.8. The molecule has 10 heteroatoms. The number of methoxy groups -OCH3 is 1. The molecule has 0 saturated carbocycles. The largest absolute Gasteiger partial charge is 0.508 e. The standard InChI is InChI=1S/C39H42N6O4/c1-25-17-27-7-5-6-8-29(27)23-44(25)38(47)36-19-30-21-40-14-13-28(30)18-35(36)37-20-34(26(2)42(37)3)39(48)45(31-9-11-33(46)12-10-31)32-22-41-43(24-32)15-16-49-4/h5-12,18-20,22,24-25,40,46H,13-17,21,23H2,1-4H3/t25-/m1/s1. The lowest BCUT2D eigenvalue weighted by atomic mass is 9.90. The van der Waals surface area contributed by atoms with Crippen molar-refractivity contribution in [1.29, 1.82) is 0 Å². The first-order chi connectivity index (χ1) is 23.7. The minimum atomic E-state index is -0.243. The number of ether oxygens (including phenoxy) is 1. The van der Waals surface area contributed by atoms with Crippen LogP contribution in [0.3, 0.4) is 0 Å². The summed E-state index contributed by atoms with van der Waals surface area (Å²) in [5.41, 5.74) is 9.54. The molecule has 2 aliphatic rings. The van der Waals surface area contributed by atoms with Gasteiger partial charge >= 0.3 is 0 Å². The number of phenols is 1. The molecule has 1 atom stereocenters. The van der Waals surface area contributed by atoms with Crippen molar-refractivity contribution in [2.45, 2.75) is 52.4 Å². The van der Waals surface area contributed by atoms with Crippen LogP contribution in [0, 0.1) is 6.92 Å². The van der Waals surface area contributed by atoms with Gasteiger partial charge in [0.2, 0.25) is 0 Å². The highest BCUT2D eigenvalue weighted by Gasteiger charge is 2.32. The second kappa shape index (κ2) is 13.4. The van der Waals surface area contributed by atoms with Gasteiger partial charge in [-0.2, -0.15) is 5.10 Å². The molecule has 49 heavy (non-hydrogen) atoms. The molecule has 0 aliphatic carbocycles. The molecule has 5 aromatic rings. The van der Waals surface area contributed by atoms with E-state index in [9.17, 15) is 14.7 Å². The number of phenolic OH excluding ortho intramolecular Hbond substituents is 1. The molecule has 3 aromatic carbocycles. The minimum Gasteiger partial charge on any atom is -0.508 e. The normalized spacial score (nSPS) is 15.5. The molecular formula is C39H42N6O4. The zero-order valence-corrected chi connectivity index (χ0v) is 28.4. The molecule has 0 spiro atoms. The highest BCUT2D eigenvalue weighted by Crippen LogP contribution is 2.36. The lowest BCUT2D eigenvalue weighted by Gasteiger charge is -2.35. The quantitative estimate of drug-likeness (QED) is 0.220. The second-order valence-electron chi connectivity index (χ2n) is 13.0. The van der Waals surface area contributed by atoms with Crippen LogP contribution in [0.1, 0.15) is 55.6 Å². The number of carbonyl (C=O) groups excluding carboxylic acids is 2. The van der Waals surface area contributed by atoms with E-state index >= 15 is 0 Å². The Morgan fingerprint density at radius 3 is 2.55 bits per heavy atom. The summed E-state index contributed by atoms with van der Waals surface area (Å²) in [6.07, 6.45) is 5.14. The van der Waals surface area contributed by atoms with Crippen molar-refractivity contribution in [2.75, 3.05) is 25.2 Å². The average Bonchev–Trinajstić information content (AvgIpc) is 3.70. The molecule has 252 valence electrons. The second-order valence-corrected chi connectivity index (χ2v) is 13.0. The van der Waals surface area contributed by atoms with Gasteiger partial charge in [-0.25, -0.2) is 0 Å². The highest BCUT2D eigenvalue weighted by atomic mass is 16.5. The van der Waals surface area contributed by atoms with E-state index in [1.807, 2.05) is 41.8 Å². The molecule has 10 nitrogen and oxygen atoms in total. The topological polar surface area (TPSA) is 105 Å². The van der Waals surface area contributed by atoms with Crippen LogP contribution in [-0.2, 0) is 44.3 Å². The number of nitrogens with zero attached hydrogens (tertiary/aromatic N) is 5. The van der Waals surface area contributed by atoms with Crippen molar-refractivity contribution in [3.63, 3.8) is 0 Å². The maximum absolute atomic E-state index is 14.6. The van der Waals surface area contributed by atoms with Crippen LogP contribution >= 0.6 is 0 Å². The van der Waals surface area contributed by atoms with E-state index in [0.717, 1.165) is 41.9 Å². The first kappa shape index (κ1) is 32.4. The lowest BCUT2D eigenvalue weighted by Crippen LogP contribution is -2.43. The van der Waals surface area contributed by atoms with E-state index in [0.29, 0.717) is 48.7 Å². The summed E-state index contributed by atoms with van der Waals surface area (Å²) in [7, 11) is 3.58. The number of aromatic hydroxyl groups is 1. The summed E-state index contributed by atoms with van der Waals surface area (Å²) < 4.78 is 8.97. The molecule has 7 rings (SSSR count). The van der Waals surface area contributed by atoms with Crippen molar-refractivity contribution in [1.82, 2.24) is 24.6 Å². The number of hydrogen-bond donors (Lipinski definition) is 2. The molecule has 2 aliphatic heterocycles. The maximum atomic E-state index is 14.6. The van der Waals surface area contributed by atoms with Crippen LogP contribution in [-0.4, -0.2) is 62.5 Å². The molecule has 2 aromatic heterocycles. The number of amides is 2. The van der Waals surface area contributed by atoms with Crippen molar-refractivity contribution in [3.8, 4) is 17.0 Å². The van der Waals surface area contributed by atoms with Gasteiger partial charge in [-0.15, -0.1) is 0 Å². The summed E-state index contributed by atoms with van der Waals surface area (Å²) in [4.78, 5) is 32.8. The summed E-state index contributed by atoms with van der Waals surface area (Å²) in [6.45, 7) is 7.21. The molecule has 4 heterocycles. The first-order valence-electron chi connectivity index (χ1n) is 16.8. The van der Waals surface area contributed by atoms with E-state index in [1.54, 1.807) is 47.2 Å². The third-order valence-electron chi connectivity index (χ3n) is 9.98. The maximum Gasteiger partial charge on any atom is 0.264 e. The zero-order chi connectivity index (χ0) is 34.2. The lowest BCUT2D eigenvalue weighted by molar-refractivity contribution is 0.0658. The van der Waals surface area contributed by atoms with E-state index in [4.69, 9.17) is 4.74 Å². The molecule has 0 fully saturated rings. The van der Waals surface area contributed by atoms with E-state index in [-0.39, 0.29) is 23.6 Å². The molecule has 2 N–H and O–H groups in total. The minimum absolute atomic E-state index is 0.00806. The Labute approximate surface area is 286 Å². The molecule has 0 radical (unpaired) electrons. The Morgan fingerprint density at radius 1 is 1.00 bits per heavy atom. The Hall–Kier alpha value is -5.19. The Morgan fingerprint density at radius 2 is 1.78 bits per heavy atom. The predicted octanol–water partition coefficient (Wildman–Crippen LogP) is 5.76.